The van der Waals surface area contributed by atoms with E-state index >= 15 is 0 Å². The molecule has 1 saturated carbocycles. The Hall–Kier alpha value is -2.22. The highest BCUT2D eigenvalue weighted by Gasteiger charge is 2.24. The Morgan fingerprint density at radius 2 is 1.71 bits per heavy atom. The van der Waals surface area contributed by atoms with E-state index in [1.807, 2.05) is 39.8 Å². The molecular formula is C23H44N6O2. The summed E-state index contributed by atoms with van der Waals surface area (Å²) in [6.07, 6.45) is 8.02. The van der Waals surface area contributed by atoms with Crippen LogP contribution in [0, 0.1) is 0 Å². The summed E-state index contributed by atoms with van der Waals surface area (Å²) in [5, 5.41) is 6.47. The van der Waals surface area contributed by atoms with Crippen molar-refractivity contribution >= 4 is 23.5 Å². The molecule has 31 heavy (non-hydrogen) atoms. The van der Waals surface area contributed by atoms with Gasteiger partial charge in [-0.1, -0.05) is 26.8 Å². The fourth-order valence-electron chi connectivity index (χ4n) is 3.10. The van der Waals surface area contributed by atoms with E-state index in [0.717, 1.165) is 37.8 Å². The average molecular weight is 437 g/mol. The van der Waals surface area contributed by atoms with Gasteiger partial charge in [0.15, 0.2) is 0 Å². The van der Waals surface area contributed by atoms with E-state index in [-0.39, 0.29) is 30.4 Å². The molecule has 0 spiro atoms. The van der Waals surface area contributed by atoms with Crippen molar-refractivity contribution in [3.63, 3.8) is 0 Å². The molecule has 2 unspecified atom stereocenters. The number of nitrogens with zero attached hydrogens (tertiary/aromatic N) is 4. The maximum Gasteiger partial charge on any atom is 0.246 e. The molecule has 1 aliphatic rings. The van der Waals surface area contributed by atoms with Crippen molar-refractivity contribution in [2.75, 3.05) is 41.3 Å². The van der Waals surface area contributed by atoms with Gasteiger partial charge in [0.1, 0.15) is 0 Å². The molecule has 0 heterocycles. The summed E-state index contributed by atoms with van der Waals surface area (Å²) in [6, 6.07) is 0.324. The smallest absolute Gasteiger partial charge is 0.246 e. The van der Waals surface area contributed by atoms with E-state index in [9.17, 15) is 9.59 Å². The Morgan fingerprint density at radius 1 is 1.10 bits per heavy atom. The summed E-state index contributed by atoms with van der Waals surface area (Å²) in [5.41, 5.74) is 1.03. The molecule has 0 aromatic rings. The molecule has 1 fully saturated rings. The fraction of sp³-hybridized carbons (Fsp3) is 0.739. The van der Waals surface area contributed by atoms with Crippen LogP contribution in [0.5, 0.6) is 0 Å². The van der Waals surface area contributed by atoms with Gasteiger partial charge >= 0.3 is 0 Å². The van der Waals surface area contributed by atoms with Gasteiger partial charge in [-0.25, -0.2) is 4.99 Å². The highest BCUT2D eigenvalue weighted by atomic mass is 16.2. The molecule has 0 radical (unpaired) electrons. The van der Waals surface area contributed by atoms with Crippen LogP contribution in [0.25, 0.3) is 0 Å². The highest BCUT2D eigenvalue weighted by molar-refractivity contribution is 5.95. The van der Waals surface area contributed by atoms with Gasteiger partial charge in [0.25, 0.3) is 0 Å². The molecule has 0 aromatic carbocycles. The van der Waals surface area contributed by atoms with Crippen molar-refractivity contribution in [1.29, 1.82) is 0 Å². The lowest BCUT2D eigenvalue weighted by Gasteiger charge is -2.31. The van der Waals surface area contributed by atoms with Crippen molar-refractivity contribution in [3.8, 4) is 0 Å². The van der Waals surface area contributed by atoms with Gasteiger partial charge in [0.05, 0.1) is 6.54 Å². The number of guanidine groups is 1. The van der Waals surface area contributed by atoms with E-state index in [0.29, 0.717) is 12.5 Å². The monoisotopic (exact) mass is 436 g/mol. The third kappa shape index (κ3) is 12.9. The van der Waals surface area contributed by atoms with Crippen LogP contribution in [0.2, 0.25) is 0 Å². The number of amides is 2. The Labute approximate surface area is 189 Å². The van der Waals surface area contributed by atoms with Crippen LogP contribution in [-0.2, 0) is 9.59 Å². The molecule has 2 amide bonds. The fourth-order valence-corrected chi connectivity index (χ4v) is 3.10. The van der Waals surface area contributed by atoms with E-state index in [1.165, 1.54) is 11.0 Å². The Bertz CT molecular complexity index is 628. The predicted octanol–water partition coefficient (Wildman–Crippen LogP) is 2.46. The normalized spacial score (nSPS) is 19.6. The van der Waals surface area contributed by atoms with Crippen LogP contribution >= 0.6 is 0 Å². The minimum atomic E-state index is -0.168. The van der Waals surface area contributed by atoms with Gasteiger partial charge < -0.3 is 20.4 Å². The van der Waals surface area contributed by atoms with Crippen LogP contribution in [0.15, 0.2) is 22.1 Å². The van der Waals surface area contributed by atoms with Crippen molar-refractivity contribution in [3.05, 3.63) is 12.2 Å². The number of likely N-dealkylation sites (N-methyl/N-ethyl adjacent to an activating group) is 2. The number of hydrogen-bond donors (Lipinski definition) is 2. The molecule has 178 valence electrons. The molecule has 1 rings (SSSR count). The Morgan fingerprint density at radius 3 is 2.26 bits per heavy atom. The molecule has 0 aliphatic heterocycles. The molecular weight excluding hydrogens is 392 g/mol. The largest absolute Gasteiger partial charge is 0.352 e. The first-order valence-corrected chi connectivity index (χ1v) is 11.4. The number of carbonyl (C=O) groups excluding carboxylic acids is 2. The number of aliphatic imine (C=N–C) groups is 2. The highest BCUT2D eigenvalue weighted by Crippen LogP contribution is 2.19. The topological polar surface area (TPSA) is 89.4 Å². The first-order valence-electron chi connectivity index (χ1n) is 11.4. The number of carbonyl (C=O) groups is 2. The quantitative estimate of drug-likeness (QED) is 0.347. The van der Waals surface area contributed by atoms with Gasteiger partial charge in [-0.2, -0.15) is 0 Å². The van der Waals surface area contributed by atoms with E-state index in [1.54, 1.807) is 20.2 Å². The van der Waals surface area contributed by atoms with Crippen molar-refractivity contribution in [2.45, 2.75) is 71.9 Å². The molecule has 0 bridgehead atoms. The second-order valence-corrected chi connectivity index (χ2v) is 7.88. The van der Waals surface area contributed by atoms with Crippen molar-refractivity contribution < 1.29 is 9.59 Å². The average Bonchev–Trinajstić information content (AvgIpc) is 2.74. The summed E-state index contributed by atoms with van der Waals surface area (Å²) in [7, 11) is 7.25. The maximum atomic E-state index is 12.4. The molecule has 0 saturated heterocycles. The summed E-state index contributed by atoms with van der Waals surface area (Å²) < 4.78 is 0. The molecule has 1 aliphatic carbocycles. The van der Waals surface area contributed by atoms with Crippen molar-refractivity contribution in [1.82, 2.24) is 20.4 Å². The lowest BCUT2D eigenvalue weighted by Crippen LogP contribution is -2.48. The molecule has 8 heteroatoms. The SMILES string of the molecule is CC.CC/C(C)=N\C(=NC)NC1CCCC(NC(=O)CN(C)C(=O)/C=C/CN(C)C)C1. The van der Waals surface area contributed by atoms with Gasteiger partial charge in [-0.3, -0.25) is 14.6 Å². The third-order valence-corrected chi connectivity index (χ3v) is 4.88. The van der Waals surface area contributed by atoms with Gasteiger partial charge in [-0.05, 0) is 53.1 Å². The summed E-state index contributed by atoms with van der Waals surface area (Å²) >= 11 is 0. The zero-order valence-corrected chi connectivity index (χ0v) is 20.9. The van der Waals surface area contributed by atoms with Crippen LogP contribution in [0.4, 0.5) is 0 Å². The molecule has 8 nitrogen and oxygen atoms in total. The lowest BCUT2D eigenvalue weighted by atomic mass is 9.91. The lowest BCUT2D eigenvalue weighted by molar-refractivity contribution is -0.131. The second kappa shape index (κ2) is 16.5. The number of nitrogens with one attached hydrogen (secondary N) is 2. The standard InChI is InChI=1S/C21H38N6O2.C2H6/c1-7-16(2)23-21(22-3)25-18-11-8-10-17(14-18)24-19(28)15-27(6)20(29)12-9-13-26(4)5;1-2/h9,12,17-18H,7-8,10-11,13-15H2,1-6H3,(H,22,25)(H,24,28);1-2H3/b12-9+,23-16-;. The minimum Gasteiger partial charge on any atom is -0.352 e. The summed E-state index contributed by atoms with van der Waals surface area (Å²) in [5.74, 6) is 0.353. The number of hydrogen-bond acceptors (Lipinski definition) is 4. The summed E-state index contributed by atoms with van der Waals surface area (Å²) in [6.45, 7) is 8.80. The second-order valence-electron chi connectivity index (χ2n) is 7.88. The van der Waals surface area contributed by atoms with Crippen LogP contribution < -0.4 is 10.6 Å². The summed E-state index contributed by atoms with van der Waals surface area (Å²) in [4.78, 5) is 36.6. The van der Waals surface area contributed by atoms with Gasteiger partial charge in [-0.15, -0.1) is 0 Å². The van der Waals surface area contributed by atoms with Crippen LogP contribution in [0.3, 0.4) is 0 Å². The Kier molecular flexibility index (Phi) is 15.3. The van der Waals surface area contributed by atoms with E-state index in [4.69, 9.17) is 0 Å². The van der Waals surface area contributed by atoms with Gasteiger partial charge in [0.2, 0.25) is 17.8 Å². The first-order chi connectivity index (χ1) is 14.7. The maximum absolute atomic E-state index is 12.4. The zero-order chi connectivity index (χ0) is 23.8. The molecule has 0 aromatic heterocycles. The van der Waals surface area contributed by atoms with Crippen molar-refractivity contribution in [2.24, 2.45) is 9.98 Å². The van der Waals surface area contributed by atoms with E-state index < -0.39 is 0 Å². The predicted molar refractivity (Wildman–Crippen MR) is 131 cm³/mol. The molecule has 2 N–H and O–H groups in total. The molecule has 2 atom stereocenters. The van der Waals surface area contributed by atoms with Crippen LogP contribution in [0.1, 0.15) is 59.8 Å². The minimum absolute atomic E-state index is 0.0569. The van der Waals surface area contributed by atoms with Gasteiger partial charge in [0, 0.05) is 44.5 Å². The number of rotatable bonds is 8. The van der Waals surface area contributed by atoms with E-state index in [2.05, 4.69) is 27.5 Å². The Balaban J connectivity index is 0.00000436. The third-order valence-electron chi connectivity index (χ3n) is 4.88. The first kappa shape index (κ1) is 28.8. The zero-order valence-electron chi connectivity index (χ0n) is 20.9. The van der Waals surface area contributed by atoms with Crippen LogP contribution in [-0.4, -0.2) is 86.6 Å².